The topological polar surface area (TPSA) is 78.4 Å². The fourth-order valence-corrected chi connectivity index (χ4v) is 2.55. The molecule has 0 saturated heterocycles. The van der Waals surface area contributed by atoms with Gasteiger partial charge >= 0.3 is 12.0 Å². The molecule has 1 aliphatic rings. The number of carbonyl (C=O) groups excluding carboxylic acids is 1. The Kier molecular flexibility index (Phi) is 4.61. The highest BCUT2D eigenvalue weighted by Crippen LogP contribution is 2.38. The fraction of sp³-hybridized carbons (Fsp3) is 0.467. The van der Waals surface area contributed by atoms with Crippen molar-refractivity contribution in [1.29, 1.82) is 0 Å². The number of aryl methyl sites for hydroxylation is 1. The lowest BCUT2D eigenvalue weighted by molar-refractivity contribution is -0.136. The Morgan fingerprint density at radius 3 is 2.65 bits per heavy atom. The molecule has 0 aliphatic heterocycles. The van der Waals surface area contributed by atoms with Gasteiger partial charge in [-0.3, -0.25) is 4.79 Å². The zero-order chi connectivity index (χ0) is 14.5. The molecule has 5 heteroatoms. The summed E-state index contributed by atoms with van der Waals surface area (Å²) in [6.07, 6.45) is 1.83. The van der Waals surface area contributed by atoms with Crippen LogP contribution in [0.4, 0.5) is 4.79 Å². The van der Waals surface area contributed by atoms with Crippen molar-refractivity contribution in [3.63, 3.8) is 0 Å². The molecule has 0 bridgehead atoms. The largest absolute Gasteiger partial charge is 0.481 e. The minimum atomic E-state index is -0.909. The van der Waals surface area contributed by atoms with E-state index in [-0.39, 0.29) is 25.0 Å². The second-order valence-corrected chi connectivity index (χ2v) is 5.27. The number of carboxylic acid groups (broad SMARTS) is 1. The zero-order valence-corrected chi connectivity index (χ0v) is 11.6. The van der Waals surface area contributed by atoms with Crippen molar-refractivity contribution in [2.45, 2.75) is 38.1 Å². The first kappa shape index (κ1) is 14.4. The van der Waals surface area contributed by atoms with E-state index in [0.717, 1.165) is 12.8 Å². The van der Waals surface area contributed by atoms with Crippen molar-refractivity contribution in [3.8, 4) is 0 Å². The maximum Gasteiger partial charge on any atom is 0.315 e. The molecular formula is C15H20N2O3. The van der Waals surface area contributed by atoms with Crippen molar-refractivity contribution in [2.75, 3.05) is 6.54 Å². The normalized spacial score (nSPS) is 20.9. The molecule has 0 heterocycles. The molecule has 1 aromatic carbocycles. The summed E-state index contributed by atoms with van der Waals surface area (Å²) < 4.78 is 0. The lowest BCUT2D eigenvalue weighted by atomic mass is 9.74. The van der Waals surface area contributed by atoms with Crippen molar-refractivity contribution in [3.05, 3.63) is 35.4 Å². The summed E-state index contributed by atoms with van der Waals surface area (Å²) in [7, 11) is 0. The van der Waals surface area contributed by atoms with E-state index in [1.165, 1.54) is 11.1 Å². The molecule has 20 heavy (non-hydrogen) atoms. The van der Waals surface area contributed by atoms with Crippen LogP contribution in [0.2, 0.25) is 0 Å². The van der Waals surface area contributed by atoms with Gasteiger partial charge in [0.05, 0.1) is 6.42 Å². The number of aliphatic carboxylic acids is 1. The lowest BCUT2D eigenvalue weighted by Gasteiger charge is -2.36. The van der Waals surface area contributed by atoms with Crippen LogP contribution < -0.4 is 10.6 Å². The van der Waals surface area contributed by atoms with Crippen LogP contribution >= 0.6 is 0 Å². The van der Waals surface area contributed by atoms with E-state index in [2.05, 4.69) is 29.7 Å². The van der Waals surface area contributed by atoms with Gasteiger partial charge in [-0.1, -0.05) is 24.3 Å². The molecule has 3 N–H and O–H groups in total. The number of carboxylic acids is 1. The van der Waals surface area contributed by atoms with Crippen LogP contribution in [-0.2, 0) is 4.79 Å². The maximum absolute atomic E-state index is 11.5. The summed E-state index contributed by atoms with van der Waals surface area (Å²) >= 11 is 0. The average Bonchev–Trinajstić information content (AvgIpc) is 2.34. The summed E-state index contributed by atoms with van der Waals surface area (Å²) in [5, 5.41) is 13.9. The first-order valence-corrected chi connectivity index (χ1v) is 6.88. The predicted molar refractivity (Wildman–Crippen MR) is 75.7 cm³/mol. The highest BCUT2D eigenvalue weighted by molar-refractivity contribution is 5.75. The van der Waals surface area contributed by atoms with Crippen LogP contribution in [0.1, 0.15) is 36.3 Å². The number of carbonyl (C=O) groups is 2. The number of benzene rings is 1. The smallest absolute Gasteiger partial charge is 0.315 e. The third-order valence-corrected chi connectivity index (χ3v) is 3.73. The van der Waals surface area contributed by atoms with Gasteiger partial charge in [0, 0.05) is 12.6 Å². The quantitative estimate of drug-likeness (QED) is 0.769. The monoisotopic (exact) mass is 276 g/mol. The molecule has 1 aliphatic carbocycles. The van der Waals surface area contributed by atoms with Gasteiger partial charge in [-0.25, -0.2) is 4.79 Å². The van der Waals surface area contributed by atoms with E-state index >= 15 is 0 Å². The third-order valence-electron chi connectivity index (χ3n) is 3.73. The first-order valence-electron chi connectivity index (χ1n) is 6.88. The van der Waals surface area contributed by atoms with Crippen molar-refractivity contribution in [2.24, 2.45) is 0 Å². The minimum Gasteiger partial charge on any atom is -0.481 e. The maximum atomic E-state index is 11.5. The van der Waals surface area contributed by atoms with Crippen molar-refractivity contribution >= 4 is 12.0 Å². The molecule has 0 atom stereocenters. The van der Waals surface area contributed by atoms with Gasteiger partial charge in [0.2, 0.25) is 0 Å². The van der Waals surface area contributed by atoms with Gasteiger partial charge in [0.1, 0.15) is 0 Å². The standard InChI is InChI=1S/C15H20N2O3/c1-10-4-2-3-5-13(10)11-8-12(9-11)17-15(20)16-7-6-14(18)19/h2-5,11-12H,6-9H2,1H3,(H,18,19)(H2,16,17,20). The Morgan fingerprint density at radius 1 is 1.30 bits per heavy atom. The second kappa shape index (κ2) is 6.41. The van der Waals surface area contributed by atoms with Crippen LogP contribution in [-0.4, -0.2) is 29.7 Å². The van der Waals surface area contributed by atoms with Crippen LogP contribution in [0.3, 0.4) is 0 Å². The first-order chi connectivity index (χ1) is 9.56. The van der Waals surface area contributed by atoms with E-state index in [9.17, 15) is 9.59 Å². The summed E-state index contributed by atoms with van der Waals surface area (Å²) in [4.78, 5) is 21.9. The number of rotatable bonds is 5. The summed E-state index contributed by atoms with van der Waals surface area (Å²) in [5.74, 6) is -0.394. The molecule has 2 amide bonds. The van der Waals surface area contributed by atoms with E-state index in [4.69, 9.17) is 5.11 Å². The SMILES string of the molecule is Cc1ccccc1C1CC(NC(=O)NCCC(=O)O)C1. The lowest BCUT2D eigenvalue weighted by Crippen LogP contribution is -2.48. The average molecular weight is 276 g/mol. The van der Waals surface area contributed by atoms with Crippen LogP contribution in [0.15, 0.2) is 24.3 Å². The Labute approximate surface area is 118 Å². The van der Waals surface area contributed by atoms with E-state index in [1.807, 2.05) is 12.1 Å². The van der Waals surface area contributed by atoms with E-state index < -0.39 is 5.97 Å². The number of amides is 2. The second-order valence-electron chi connectivity index (χ2n) is 5.27. The molecule has 5 nitrogen and oxygen atoms in total. The van der Waals surface area contributed by atoms with Crippen LogP contribution in [0.25, 0.3) is 0 Å². The van der Waals surface area contributed by atoms with Crippen molar-refractivity contribution < 1.29 is 14.7 Å². The number of nitrogens with one attached hydrogen (secondary N) is 2. The van der Waals surface area contributed by atoms with E-state index in [1.54, 1.807) is 0 Å². The molecule has 0 spiro atoms. The molecule has 108 valence electrons. The molecular weight excluding hydrogens is 256 g/mol. The highest BCUT2D eigenvalue weighted by atomic mass is 16.4. The summed E-state index contributed by atoms with van der Waals surface area (Å²) in [6, 6.07) is 8.23. The molecule has 1 aromatic rings. The number of hydrogen-bond acceptors (Lipinski definition) is 2. The number of urea groups is 1. The molecule has 0 aromatic heterocycles. The van der Waals surface area contributed by atoms with Gasteiger partial charge < -0.3 is 15.7 Å². The van der Waals surface area contributed by atoms with Gasteiger partial charge in [-0.15, -0.1) is 0 Å². The fourth-order valence-electron chi connectivity index (χ4n) is 2.55. The van der Waals surface area contributed by atoms with Crippen LogP contribution in [0, 0.1) is 6.92 Å². The van der Waals surface area contributed by atoms with Crippen LogP contribution in [0.5, 0.6) is 0 Å². The third kappa shape index (κ3) is 3.73. The molecule has 1 fully saturated rings. The minimum absolute atomic E-state index is 0.0517. The summed E-state index contributed by atoms with van der Waals surface area (Å²) in [5.41, 5.74) is 2.65. The van der Waals surface area contributed by atoms with Gasteiger partial charge in [0.15, 0.2) is 0 Å². The van der Waals surface area contributed by atoms with Gasteiger partial charge in [-0.2, -0.15) is 0 Å². The number of hydrogen-bond donors (Lipinski definition) is 3. The Bertz CT molecular complexity index is 496. The van der Waals surface area contributed by atoms with Crippen molar-refractivity contribution in [1.82, 2.24) is 10.6 Å². The predicted octanol–water partition coefficient (Wildman–Crippen LogP) is 2.01. The van der Waals surface area contributed by atoms with E-state index in [0.29, 0.717) is 5.92 Å². The molecule has 0 radical (unpaired) electrons. The Hall–Kier alpha value is -2.04. The van der Waals surface area contributed by atoms with Gasteiger partial charge in [0.25, 0.3) is 0 Å². The molecule has 0 unspecified atom stereocenters. The zero-order valence-electron chi connectivity index (χ0n) is 11.6. The highest BCUT2D eigenvalue weighted by Gasteiger charge is 2.31. The summed E-state index contributed by atoms with van der Waals surface area (Å²) in [6.45, 7) is 2.27. The Balaban J connectivity index is 1.70. The Morgan fingerprint density at radius 2 is 2.00 bits per heavy atom. The molecule has 1 saturated carbocycles. The van der Waals surface area contributed by atoms with Gasteiger partial charge in [-0.05, 0) is 36.8 Å². The molecule has 2 rings (SSSR count).